The molecule has 2 N–H and O–H groups in total. The van der Waals surface area contributed by atoms with E-state index in [9.17, 15) is 14.9 Å². The molecule has 33 heavy (non-hydrogen) atoms. The van der Waals surface area contributed by atoms with Crippen molar-refractivity contribution in [2.45, 2.75) is 71.4 Å². The minimum Gasteiger partial charge on any atom is -0.408 e. The van der Waals surface area contributed by atoms with E-state index in [1.807, 2.05) is 6.07 Å². The zero-order valence-electron chi connectivity index (χ0n) is 20.1. The minimum atomic E-state index is -0.939. The van der Waals surface area contributed by atoms with Gasteiger partial charge in [0.25, 0.3) is 0 Å². The molecule has 1 fully saturated rings. The van der Waals surface area contributed by atoms with E-state index in [4.69, 9.17) is 4.42 Å². The Balaban J connectivity index is 1.90. The van der Waals surface area contributed by atoms with E-state index in [0.717, 1.165) is 32.4 Å². The molecule has 2 atom stereocenters. The van der Waals surface area contributed by atoms with Crippen LogP contribution in [-0.4, -0.2) is 47.0 Å². The maximum atomic E-state index is 13.6. The van der Waals surface area contributed by atoms with E-state index in [2.05, 4.69) is 54.3 Å². The number of hydrogen-bond acceptors (Lipinski definition) is 7. The fourth-order valence-electron chi connectivity index (χ4n) is 4.47. The lowest BCUT2D eigenvalue weighted by Gasteiger charge is -2.34. The van der Waals surface area contributed by atoms with Crippen LogP contribution in [0.2, 0.25) is 0 Å². The number of rotatable bonds is 7. The van der Waals surface area contributed by atoms with Crippen molar-refractivity contribution >= 4 is 22.7 Å². The number of nitriles is 1. The third-order valence-electron chi connectivity index (χ3n) is 5.92. The number of nitrogens with one attached hydrogen (secondary N) is 2. The van der Waals surface area contributed by atoms with Crippen LogP contribution in [0.25, 0.3) is 11.0 Å². The van der Waals surface area contributed by atoms with Gasteiger partial charge in [-0.05, 0) is 62.7 Å². The number of nitrogens with zero attached hydrogens (tertiary/aromatic N) is 3. The number of carbonyl (C=O) groups excluding carboxylic acids is 1. The van der Waals surface area contributed by atoms with Crippen molar-refractivity contribution in [1.82, 2.24) is 15.2 Å². The van der Waals surface area contributed by atoms with Crippen molar-refractivity contribution in [3.63, 3.8) is 0 Å². The van der Waals surface area contributed by atoms with Crippen LogP contribution in [0.5, 0.6) is 0 Å². The summed E-state index contributed by atoms with van der Waals surface area (Å²) >= 11 is 0. The monoisotopic (exact) mass is 453 g/mol. The van der Waals surface area contributed by atoms with Crippen LogP contribution in [0, 0.1) is 16.7 Å². The molecule has 2 heterocycles. The summed E-state index contributed by atoms with van der Waals surface area (Å²) in [5.74, 6) is -0.673. The summed E-state index contributed by atoms with van der Waals surface area (Å²) in [6.45, 7) is 10.6. The molecule has 178 valence electrons. The molecular weight excluding hydrogens is 418 g/mol. The predicted molar refractivity (Wildman–Crippen MR) is 129 cm³/mol. The first-order chi connectivity index (χ1) is 15.6. The van der Waals surface area contributed by atoms with Gasteiger partial charge in [-0.3, -0.25) is 9.69 Å². The lowest BCUT2D eigenvalue weighted by Crippen LogP contribution is -2.57. The first kappa shape index (κ1) is 24.7. The Bertz CT molecular complexity index is 1070. The molecule has 1 aliphatic heterocycles. The molecule has 2 unspecified atom stereocenters. The molecule has 0 aliphatic carbocycles. The van der Waals surface area contributed by atoms with E-state index in [1.54, 1.807) is 18.2 Å². The maximum Gasteiger partial charge on any atom is 0.441 e. The van der Waals surface area contributed by atoms with Crippen LogP contribution in [0.3, 0.4) is 0 Å². The quantitative estimate of drug-likeness (QED) is 0.658. The van der Waals surface area contributed by atoms with Gasteiger partial charge in [0, 0.05) is 6.54 Å². The van der Waals surface area contributed by atoms with Gasteiger partial charge in [0.1, 0.15) is 23.0 Å². The lowest BCUT2D eigenvalue weighted by molar-refractivity contribution is -0.124. The smallest absolute Gasteiger partial charge is 0.408 e. The van der Waals surface area contributed by atoms with Gasteiger partial charge in [0.15, 0.2) is 0 Å². The molecule has 1 saturated heterocycles. The molecule has 0 bridgehead atoms. The Morgan fingerprint density at radius 1 is 1.33 bits per heavy atom. The Hall–Kier alpha value is -2.92. The SMILES string of the molecule is CCCN1CCCCC(C#N)(NC(=O)C(CC(C)(C)C)Nc2nc(=O)oc3ccccc23)C1. The van der Waals surface area contributed by atoms with E-state index in [-0.39, 0.29) is 11.3 Å². The summed E-state index contributed by atoms with van der Waals surface area (Å²) in [5.41, 5.74) is -0.713. The molecular formula is C25H35N5O3. The summed E-state index contributed by atoms with van der Waals surface area (Å²) in [7, 11) is 0. The molecule has 8 heteroatoms. The predicted octanol–water partition coefficient (Wildman–Crippen LogP) is 3.68. The number of anilines is 1. The number of para-hydroxylation sites is 1. The molecule has 1 aromatic heterocycles. The fraction of sp³-hybridized carbons (Fsp3) is 0.600. The Morgan fingerprint density at radius 2 is 2.09 bits per heavy atom. The summed E-state index contributed by atoms with van der Waals surface area (Å²) in [4.78, 5) is 31.9. The molecule has 0 saturated carbocycles. The molecule has 3 rings (SSSR count). The second-order valence-corrected chi connectivity index (χ2v) is 10.2. The van der Waals surface area contributed by atoms with Gasteiger partial charge >= 0.3 is 5.76 Å². The number of hydrogen-bond donors (Lipinski definition) is 2. The van der Waals surface area contributed by atoms with Crippen molar-refractivity contribution in [2.75, 3.05) is 25.0 Å². The van der Waals surface area contributed by atoms with E-state index >= 15 is 0 Å². The zero-order valence-corrected chi connectivity index (χ0v) is 20.1. The summed E-state index contributed by atoms with van der Waals surface area (Å²) in [6.07, 6.45) is 4.01. The molecule has 8 nitrogen and oxygen atoms in total. The highest BCUT2D eigenvalue weighted by atomic mass is 16.4. The van der Waals surface area contributed by atoms with Gasteiger partial charge in [-0.2, -0.15) is 10.2 Å². The average molecular weight is 454 g/mol. The highest BCUT2D eigenvalue weighted by Gasteiger charge is 2.38. The molecule has 1 amide bonds. The van der Waals surface area contributed by atoms with E-state index in [1.165, 1.54) is 0 Å². The zero-order chi connectivity index (χ0) is 24.1. The molecule has 1 aromatic carbocycles. The first-order valence-corrected chi connectivity index (χ1v) is 11.8. The Morgan fingerprint density at radius 3 is 2.79 bits per heavy atom. The van der Waals surface area contributed by atoms with Crippen LogP contribution in [0.15, 0.2) is 33.5 Å². The van der Waals surface area contributed by atoms with Gasteiger partial charge in [0.05, 0.1) is 11.5 Å². The summed E-state index contributed by atoms with van der Waals surface area (Å²) in [6, 6.07) is 8.84. The second-order valence-electron chi connectivity index (χ2n) is 10.2. The maximum absolute atomic E-state index is 13.6. The first-order valence-electron chi connectivity index (χ1n) is 11.8. The highest BCUT2D eigenvalue weighted by Crippen LogP contribution is 2.27. The largest absolute Gasteiger partial charge is 0.441 e. The fourth-order valence-corrected chi connectivity index (χ4v) is 4.47. The second kappa shape index (κ2) is 10.3. The molecule has 1 aliphatic rings. The topological polar surface area (TPSA) is 111 Å². The average Bonchev–Trinajstić information content (AvgIpc) is 2.95. The van der Waals surface area contributed by atoms with Crippen molar-refractivity contribution in [3.8, 4) is 6.07 Å². The number of fused-ring (bicyclic) bond motifs is 1. The van der Waals surface area contributed by atoms with Crippen molar-refractivity contribution in [2.24, 2.45) is 5.41 Å². The van der Waals surface area contributed by atoms with Gasteiger partial charge in [-0.25, -0.2) is 4.79 Å². The number of carbonyl (C=O) groups is 1. The van der Waals surface area contributed by atoms with Gasteiger partial charge < -0.3 is 15.1 Å². The van der Waals surface area contributed by atoms with E-state index < -0.39 is 17.3 Å². The van der Waals surface area contributed by atoms with Crippen LogP contribution in [-0.2, 0) is 4.79 Å². The number of benzene rings is 1. The molecule has 2 aromatic rings. The van der Waals surface area contributed by atoms with Crippen LogP contribution < -0.4 is 16.4 Å². The Labute approximate surface area is 195 Å². The van der Waals surface area contributed by atoms with Gasteiger partial charge in [-0.15, -0.1) is 0 Å². The standard InChI is InChI=1S/C25H35N5O3/c1-5-13-30-14-9-8-12-25(16-26,17-30)29-22(31)19(15-24(2,3)4)27-21-18-10-6-7-11-20(18)33-23(32)28-21/h6-7,10-11,19H,5,8-9,12-15,17H2,1-4H3,(H,29,31)(H,27,28,32). The Kier molecular flexibility index (Phi) is 7.75. The number of aromatic nitrogens is 1. The highest BCUT2D eigenvalue weighted by molar-refractivity contribution is 5.91. The summed E-state index contributed by atoms with van der Waals surface area (Å²) in [5, 5.41) is 17.0. The number of likely N-dealkylation sites (tertiary alicyclic amines) is 1. The number of amides is 1. The van der Waals surface area contributed by atoms with Crippen LogP contribution in [0.4, 0.5) is 5.82 Å². The minimum absolute atomic E-state index is 0.179. The third-order valence-corrected chi connectivity index (χ3v) is 5.92. The van der Waals surface area contributed by atoms with Gasteiger partial charge in [0.2, 0.25) is 5.91 Å². The van der Waals surface area contributed by atoms with E-state index in [0.29, 0.717) is 36.2 Å². The summed E-state index contributed by atoms with van der Waals surface area (Å²) < 4.78 is 5.19. The normalized spacial score (nSPS) is 20.6. The van der Waals surface area contributed by atoms with Crippen LogP contribution >= 0.6 is 0 Å². The van der Waals surface area contributed by atoms with Crippen molar-refractivity contribution < 1.29 is 9.21 Å². The van der Waals surface area contributed by atoms with Crippen LogP contribution in [0.1, 0.15) is 59.8 Å². The lowest BCUT2D eigenvalue weighted by atomic mass is 9.86. The van der Waals surface area contributed by atoms with Gasteiger partial charge in [-0.1, -0.05) is 39.8 Å². The third kappa shape index (κ3) is 6.55. The molecule has 0 spiro atoms. The van der Waals surface area contributed by atoms with Crippen molar-refractivity contribution in [1.29, 1.82) is 5.26 Å². The van der Waals surface area contributed by atoms with Crippen molar-refractivity contribution in [3.05, 3.63) is 34.8 Å². The molecule has 0 radical (unpaired) electrons.